The largest absolute Gasteiger partial charge is 0.481 e. The van der Waals surface area contributed by atoms with Crippen LogP contribution < -0.4 is 4.72 Å². The van der Waals surface area contributed by atoms with Gasteiger partial charge in [-0.2, -0.15) is 17.4 Å². The minimum Gasteiger partial charge on any atom is -0.481 e. The molecule has 1 saturated carbocycles. The van der Waals surface area contributed by atoms with E-state index in [-0.39, 0.29) is 6.04 Å². The Morgan fingerprint density at radius 1 is 1.24 bits per heavy atom. The Morgan fingerprint density at radius 3 is 2.33 bits per heavy atom. The van der Waals surface area contributed by atoms with Gasteiger partial charge in [0.05, 0.1) is 5.92 Å². The second-order valence-electron chi connectivity index (χ2n) is 6.35. The average molecular weight is 318 g/mol. The Labute approximate surface area is 127 Å². The van der Waals surface area contributed by atoms with E-state index in [2.05, 4.69) is 18.6 Å². The molecule has 7 heteroatoms. The van der Waals surface area contributed by atoms with Gasteiger partial charge in [-0.1, -0.05) is 20.3 Å². The Balaban J connectivity index is 1.93. The third kappa shape index (κ3) is 3.76. The van der Waals surface area contributed by atoms with Gasteiger partial charge in [-0.05, 0) is 37.5 Å². The monoisotopic (exact) mass is 318 g/mol. The Hall–Kier alpha value is -0.660. The highest BCUT2D eigenvalue weighted by molar-refractivity contribution is 7.87. The first-order valence-electron chi connectivity index (χ1n) is 7.85. The molecule has 0 bridgehead atoms. The number of carbonyl (C=O) groups is 1. The summed E-state index contributed by atoms with van der Waals surface area (Å²) in [6.07, 6.45) is 3.85. The Morgan fingerprint density at radius 2 is 1.86 bits per heavy atom. The van der Waals surface area contributed by atoms with Crippen LogP contribution in [0.1, 0.15) is 46.0 Å². The van der Waals surface area contributed by atoms with Gasteiger partial charge in [-0.3, -0.25) is 4.79 Å². The Kier molecular flexibility index (Phi) is 5.27. The molecular weight excluding hydrogens is 292 g/mol. The minimum absolute atomic E-state index is 0.0112. The SMILES string of the molecule is CCC1CCC(NS(=O)(=O)N2CCC(C(=O)O)CC2)C1C. The number of hydrogen-bond acceptors (Lipinski definition) is 3. The summed E-state index contributed by atoms with van der Waals surface area (Å²) in [6, 6.07) is 0.0112. The molecule has 3 atom stereocenters. The predicted molar refractivity (Wildman–Crippen MR) is 80.0 cm³/mol. The van der Waals surface area contributed by atoms with E-state index in [4.69, 9.17) is 5.11 Å². The van der Waals surface area contributed by atoms with Gasteiger partial charge >= 0.3 is 5.97 Å². The van der Waals surface area contributed by atoms with Crippen LogP contribution in [-0.2, 0) is 15.0 Å². The molecule has 3 unspecified atom stereocenters. The minimum atomic E-state index is -3.49. The van der Waals surface area contributed by atoms with Crippen molar-refractivity contribution in [2.75, 3.05) is 13.1 Å². The summed E-state index contributed by atoms with van der Waals surface area (Å²) in [5.41, 5.74) is 0. The van der Waals surface area contributed by atoms with E-state index in [1.165, 1.54) is 4.31 Å². The lowest BCUT2D eigenvalue weighted by atomic mass is 9.94. The number of aliphatic carboxylic acids is 1. The zero-order chi connectivity index (χ0) is 15.6. The van der Waals surface area contributed by atoms with E-state index in [1.807, 2.05) is 0 Å². The summed E-state index contributed by atoms with van der Waals surface area (Å²) >= 11 is 0. The van der Waals surface area contributed by atoms with Gasteiger partial charge in [0.25, 0.3) is 10.2 Å². The highest BCUT2D eigenvalue weighted by Gasteiger charge is 2.37. The number of nitrogens with zero attached hydrogens (tertiary/aromatic N) is 1. The van der Waals surface area contributed by atoms with E-state index in [0.717, 1.165) is 19.3 Å². The van der Waals surface area contributed by atoms with Crippen LogP contribution in [0.3, 0.4) is 0 Å². The molecule has 1 aliphatic carbocycles. The van der Waals surface area contributed by atoms with Gasteiger partial charge in [0, 0.05) is 19.1 Å². The van der Waals surface area contributed by atoms with Crippen LogP contribution in [0.5, 0.6) is 0 Å². The quantitative estimate of drug-likeness (QED) is 0.803. The summed E-state index contributed by atoms with van der Waals surface area (Å²) in [6.45, 7) is 4.86. The third-order valence-corrected chi connectivity index (χ3v) is 6.84. The van der Waals surface area contributed by atoms with E-state index in [9.17, 15) is 13.2 Å². The van der Waals surface area contributed by atoms with Crippen LogP contribution in [0.4, 0.5) is 0 Å². The lowest BCUT2D eigenvalue weighted by molar-refractivity contribution is -0.142. The van der Waals surface area contributed by atoms with Crippen molar-refractivity contribution in [3.8, 4) is 0 Å². The first kappa shape index (κ1) is 16.7. The highest BCUT2D eigenvalue weighted by atomic mass is 32.2. The van der Waals surface area contributed by atoms with E-state index >= 15 is 0 Å². The molecule has 1 heterocycles. The van der Waals surface area contributed by atoms with Crippen LogP contribution in [0, 0.1) is 17.8 Å². The lowest BCUT2D eigenvalue weighted by Crippen LogP contribution is -2.49. The zero-order valence-electron chi connectivity index (χ0n) is 12.8. The van der Waals surface area contributed by atoms with Crippen molar-refractivity contribution in [3.05, 3.63) is 0 Å². The van der Waals surface area contributed by atoms with E-state index in [0.29, 0.717) is 37.8 Å². The number of carboxylic acid groups (broad SMARTS) is 1. The van der Waals surface area contributed by atoms with Gasteiger partial charge < -0.3 is 5.11 Å². The summed E-state index contributed by atoms with van der Waals surface area (Å²) < 4.78 is 29.1. The fourth-order valence-corrected chi connectivity index (χ4v) is 5.15. The Bertz CT molecular complexity index is 471. The van der Waals surface area contributed by atoms with Crippen molar-refractivity contribution in [2.24, 2.45) is 17.8 Å². The van der Waals surface area contributed by atoms with E-state index < -0.39 is 22.1 Å². The van der Waals surface area contributed by atoms with Crippen LogP contribution in [0.15, 0.2) is 0 Å². The van der Waals surface area contributed by atoms with Crippen molar-refractivity contribution in [1.82, 2.24) is 9.03 Å². The number of piperidine rings is 1. The molecule has 2 fully saturated rings. The number of nitrogens with one attached hydrogen (secondary N) is 1. The summed E-state index contributed by atoms with van der Waals surface area (Å²) in [5, 5.41) is 8.96. The van der Waals surface area contributed by atoms with Gasteiger partial charge in [-0.25, -0.2) is 0 Å². The highest BCUT2D eigenvalue weighted by Crippen LogP contribution is 2.34. The topological polar surface area (TPSA) is 86.7 Å². The van der Waals surface area contributed by atoms with Crippen molar-refractivity contribution in [2.45, 2.75) is 52.0 Å². The standard InChI is InChI=1S/C14H26N2O4S/c1-3-11-4-5-13(10(11)2)15-21(19,20)16-8-6-12(7-9-16)14(17)18/h10-13,15H,3-9H2,1-2H3,(H,17,18). The van der Waals surface area contributed by atoms with Gasteiger partial charge in [0.2, 0.25) is 0 Å². The number of carboxylic acids is 1. The van der Waals surface area contributed by atoms with Crippen LogP contribution in [0.25, 0.3) is 0 Å². The molecule has 0 aromatic rings. The smallest absolute Gasteiger partial charge is 0.306 e. The van der Waals surface area contributed by atoms with Gasteiger partial charge in [0.1, 0.15) is 0 Å². The van der Waals surface area contributed by atoms with Crippen molar-refractivity contribution in [3.63, 3.8) is 0 Å². The van der Waals surface area contributed by atoms with Crippen molar-refractivity contribution < 1.29 is 18.3 Å². The lowest BCUT2D eigenvalue weighted by Gasteiger charge is -2.31. The molecule has 2 N–H and O–H groups in total. The molecule has 0 aromatic heterocycles. The summed E-state index contributed by atoms with van der Waals surface area (Å²) in [5.74, 6) is -0.279. The first-order chi connectivity index (χ1) is 9.85. The van der Waals surface area contributed by atoms with Gasteiger partial charge in [0.15, 0.2) is 0 Å². The fraction of sp³-hybridized carbons (Fsp3) is 0.929. The zero-order valence-corrected chi connectivity index (χ0v) is 13.6. The molecule has 0 amide bonds. The van der Waals surface area contributed by atoms with Crippen LogP contribution in [0.2, 0.25) is 0 Å². The molecule has 0 radical (unpaired) electrons. The van der Waals surface area contributed by atoms with E-state index in [1.54, 1.807) is 0 Å². The molecule has 0 spiro atoms. The third-order valence-electron chi connectivity index (χ3n) is 5.19. The molecule has 1 saturated heterocycles. The molecule has 1 aliphatic heterocycles. The molecule has 2 aliphatic rings. The number of hydrogen-bond donors (Lipinski definition) is 2. The summed E-state index contributed by atoms with van der Waals surface area (Å²) in [4.78, 5) is 10.9. The maximum Gasteiger partial charge on any atom is 0.306 e. The second-order valence-corrected chi connectivity index (χ2v) is 8.05. The molecular formula is C14H26N2O4S. The average Bonchev–Trinajstić information content (AvgIpc) is 2.79. The molecule has 21 heavy (non-hydrogen) atoms. The van der Waals surface area contributed by atoms with Crippen molar-refractivity contribution in [1.29, 1.82) is 0 Å². The van der Waals surface area contributed by atoms with Crippen LogP contribution >= 0.6 is 0 Å². The molecule has 6 nitrogen and oxygen atoms in total. The normalized spacial score (nSPS) is 32.4. The summed E-state index contributed by atoms with van der Waals surface area (Å²) in [7, 11) is -3.49. The fourth-order valence-electron chi connectivity index (χ4n) is 3.60. The second kappa shape index (κ2) is 6.62. The predicted octanol–water partition coefficient (Wildman–Crippen LogP) is 1.44. The van der Waals surface area contributed by atoms with Gasteiger partial charge in [-0.15, -0.1) is 0 Å². The number of rotatable bonds is 5. The van der Waals surface area contributed by atoms with Crippen molar-refractivity contribution >= 4 is 16.2 Å². The molecule has 0 aromatic carbocycles. The van der Waals surface area contributed by atoms with Crippen LogP contribution in [-0.4, -0.2) is 42.9 Å². The molecule has 122 valence electrons. The molecule has 2 rings (SSSR count). The maximum atomic E-state index is 12.4. The first-order valence-corrected chi connectivity index (χ1v) is 9.29. The maximum absolute atomic E-state index is 12.4.